The van der Waals surface area contributed by atoms with Gasteiger partial charge in [0.25, 0.3) is 0 Å². The average molecular weight is 1420 g/mol. The molecule has 0 N–H and O–H groups in total. The molecule has 0 atom stereocenters. The van der Waals surface area contributed by atoms with Crippen LogP contribution in [0.4, 0.5) is 0 Å². The minimum Gasteiger partial charge on any atom is -0.254 e. The van der Waals surface area contributed by atoms with E-state index < -0.39 is 0 Å². The summed E-state index contributed by atoms with van der Waals surface area (Å²) in [4.78, 5) is 40.5. The average Bonchev–Trinajstić information content (AvgIpc) is 0.823. The van der Waals surface area contributed by atoms with Gasteiger partial charge in [0.05, 0.1) is 78.3 Å². The van der Waals surface area contributed by atoms with E-state index >= 15 is 0 Å². The summed E-state index contributed by atoms with van der Waals surface area (Å²) in [7, 11) is 0. The number of aromatic nitrogens is 8. The Morgan fingerprint density at radius 3 is 0.938 bits per heavy atom. The fraction of sp³-hybridized carbons (Fsp3) is 0. The Labute approximate surface area is 643 Å². The van der Waals surface area contributed by atoms with Gasteiger partial charge in [-0.1, -0.05) is 273 Å². The fourth-order valence-electron chi connectivity index (χ4n) is 16.8. The Morgan fingerprint density at radius 2 is 0.455 bits per heavy atom. The Morgan fingerprint density at radius 1 is 0.143 bits per heavy atom. The molecule has 8 aromatic heterocycles. The van der Waals surface area contributed by atoms with Gasteiger partial charge in [-0.3, -0.25) is 9.97 Å². The number of hydrogen-bond acceptors (Lipinski definition) is 8. The molecule has 0 saturated heterocycles. The van der Waals surface area contributed by atoms with Gasteiger partial charge >= 0.3 is 0 Å². The lowest BCUT2D eigenvalue weighted by Gasteiger charge is -2.13. The van der Waals surface area contributed by atoms with Crippen molar-refractivity contribution in [3.8, 4) is 89.8 Å². The molecule has 112 heavy (non-hydrogen) atoms. The van der Waals surface area contributed by atoms with Crippen molar-refractivity contribution in [1.29, 1.82) is 0 Å². The van der Waals surface area contributed by atoms with Crippen molar-refractivity contribution in [1.82, 2.24) is 39.9 Å². The molecule has 23 rings (SSSR count). The maximum atomic E-state index is 5.28. The van der Waals surface area contributed by atoms with E-state index in [1.54, 1.807) is 0 Å². The molecular weight excluding hydrogens is 1360 g/mol. The minimum atomic E-state index is 0.915. The van der Waals surface area contributed by atoms with Gasteiger partial charge in [0.2, 0.25) is 0 Å². The summed E-state index contributed by atoms with van der Waals surface area (Å²) in [5.41, 5.74) is 24.4. The van der Waals surface area contributed by atoms with Crippen molar-refractivity contribution in [3.63, 3.8) is 0 Å². The summed E-state index contributed by atoms with van der Waals surface area (Å²) in [5, 5.41) is 20.7. The van der Waals surface area contributed by atoms with Gasteiger partial charge in [-0.15, -0.1) is 0 Å². The van der Waals surface area contributed by atoms with E-state index in [0.29, 0.717) is 0 Å². The molecule has 0 bridgehead atoms. The van der Waals surface area contributed by atoms with Crippen LogP contribution in [0.25, 0.3) is 231 Å². The fourth-order valence-corrected chi connectivity index (χ4v) is 16.8. The monoisotopic (exact) mass is 1420 g/mol. The molecule has 0 aliphatic carbocycles. The molecule has 0 unspecified atom stereocenters. The van der Waals surface area contributed by atoms with Gasteiger partial charge in [0.15, 0.2) is 0 Å². The lowest BCUT2D eigenvalue weighted by Crippen LogP contribution is -1.92. The molecule has 0 aliphatic heterocycles. The van der Waals surface area contributed by atoms with Gasteiger partial charge in [0, 0.05) is 88.9 Å². The van der Waals surface area contributed by atoms with Gasteiger partial charge in [-0.25, -0.2) is 29.9 Å². The summed E-state index contributed by atoms with van der Waals surface area (Å²) in [6, 6.07) is 129. The molecule has 0 aliphatic rings. The van der Waals surface area contributed by atoms with Crippen molar-refractivity contribution in [2.24, 2.45) is 0 Å². The summed E-state index contributed by atoms with van der Waals surface area (Å²) in [6.07, 6.45) is 3.67. The standard InChI is InChI=1S/C54H32N4.C50H30N4/c1-2-10-40-38(8-1)31-47(44-14-6-3-11-41(40)44)51-28-22-39-30-36(21-25-48(39)56-51)37-18-15-33-19-26-49(57-52(33)32-37)45-23-24-46(43-13-5-4-12-42(43)45)50-27-20-35-17-16-34-9-7-29-55-53(34)54(35)58-50;1-2-10-38-31(7-1)8-5-13-41(38)45-27-21-37-29-35(20-24-44(37)52-45)36-17-14-32-18-25-46(53-48(32)30-36)42-22-23-43(40-12-4-3-11-39(40)42)47-26-19-34-16-15-33-9-6-28-51-49(33)50(34)54-47/h1-32H;1-30H. The lowest BCUT2D eigenvalue weighted by molar-refractivity contribution is 1.37. The summed E-state index contributed by atoms with van der Waals surface area (Å²) >= 11 is 0. The first kappa shape index (κ1) is 64.1. The highest BCUT2D eigenvalue weighted by molar-refractivity contribution is 6.15. The maximum Gasteiger partial charge on any atom is 0.0972 e. The van der Waals surface area contributed by atoms with Gasteiger partial charge in [0.1, 0.15) is 0 Å². The third kappa shape index (κ3) is 11.1. The maximum absolute atomic E-state index is 5.28. The van der Waals surface area contributed by atoms with Crippen LogP contribution in [-0.2, 0) is 0 Å². The summed E-state index contributed by atoms with van der Waals surface area (Å²) < 4.78 is 0. The number of pyridine rings is 8. The van der Waals surface area contributed by atoms with E-state index in [0.717, 1.165) is 199 Å². The number of rotatable bonds is 8. The quantitative estimate of drug-likeness (QED) is 0.139. The molecule has 0 radical (unpaired) electrons. The smallest absolute Gasteiger partial charge is 0.0972 e. The van der Waals surface area contributed by atoms with Crippen LogP contribution in [0.5, 0.6) is 0 Å². The van der Waals surface area contributed by atoms with Crippen LogP contribution in [0.15, 0.2) is 376 Å². The first-order chi connectivity index (χ1) is 55.4. The molecule has 8 heterocycles. The highest BCUT2D eigenvalue weighted by Gasteiger charge is 2.19. The normalized spacial score (nSPS) is 11.8. The Bertz CT molecular complexity index is 7860. The molecule has 518 valence electrons. The van der Waals surface area contributed by atoms with Crippen molar-refractivity contribution >= 4 is 141 Å². The first-order valence-corrected chi connectivity index (χ1v) is 37.8. The lowest BCUT2D eigenvalue weighted by atomic mass is 9.94. The third-order valence-corrected chi connectivity index (χ3v) is 22.4. The molecular formula is C104H62N8. The second-order valence-corrected chi connectivity index (χ2v) is 28.9. The van der Waals surface area contributed by atoms with E-state index in [2.05, 4.69) is 362 Å². The van der Waals surface area contributed by atoms with Gasteiger partial charge < -0.3 is 0 Å². The van der Waals surface area contributed by atoms with E-state index in [9.17, 15) is 0 Å². The van der Waals surface area contributed by atoms with Crippen LogP contribution in [-0.4, -0.2) is 39.9 Å². The number of nitrogens with zero attached hydrogens (tertiary/aromatic N) is 8. The molecule has 0 saturated carbocycles. The van der Waals surface area contributed by atoms with Crippen LogP contribution in [0, 0.1) is 0 Å². The topological polar surface area (TPSA) is 103 Å². The summed E-state index contributed by atoms with van der Waals surface area (Å²) in [6.45, 7) is 0. The number of fused-ring (bicyclic) bond motifs is 16. The molecule has 0 amide bonds. The molecule has 8 nitrogen and oxygen atoms in total. The molecule has 0 fully saturated rings. The van der Waals surface area contributed by atoms with Crippen molar-refractivity contribution < 1.29 is 0 Å². The third-order valence-electron chi connectivity index (χ3n) is 22.4. The predicted molar refractivity (Wildman–Crippen MR) is 466 cm³/mol. The second-order valence-electron chi connectivity index (χ2n) is 28.9. The van der Waals surface area contributed by atoms with E-state index in [1.807, 2.05) is 24.5 Å². The van der Waals surface area contributed by atoms with E-state index in [4.69, 9.17) is 29.9 Å². The first-order valence-electron chi connectivity index (χ1n) is 37.8. The summed E-state index contributed by atoms with van der Waals surface area (Å²) in [5.74, 6) is 0. The van der Waals surface area contributed by atoms with Crippen LogP contribution in [0.1, 0.15) is 0 Å². The SMILES string of the molecule is c1ccc2c(-c3ccc4cc(-c5ccc6ccc(-c7ccc(-c8ccc9ccc%10cccnc%10c9n8)c8ccccc78)nc6c5)ccc4n3)cccc2c1.c1ccc2c(c1)cc(-c1ccc3cc(-c4ccc5ccc(-c6ccc(-c7ccc8ccc9cccnc9c8n7)c7ccccc67)nc5c4)ccc3n1)c1ccccc12. The van der Waals surface area contributed by atoms with Crippen molar-refractivity contribution in [2.45, 2.75) is 0 Å². The largest absolute Gasteiger partial charge is 0.254 e. The highest BCUT2D eigenvalue weighted by atomic mass is 14.8. The van der Waals surface area contributed by atoms with Crippen LogP contribution in [0.3, 0.4) is 0 Å². The highest BCUT2D eigenvalue weighted by Crippen LogP contribution is 2.42. The van der Waals surface area contributed by atoms with E-state index in [-0.39, 0.29) is 0 Å². The zero-order valence-corrected chi connectivity index (χ0v) is 60.4. The van der Waals surface area contributed by atoms with Crippen molar-refractivity contribution in [2.75, 3.05) is 0 Å². The Kier molecular flexibility index (Phi) is 15.1. The Hall–Kier alpha value is -15.1. The second kappa shape index (κ2) is 26.4. The molecule has 23 aromatic rings. The Balaban J connectivity index is 0.000000138. The number of hydrogen-bond donors (Lipinski definition) is 0. The number of benzene rings is 15. The van der Waals surface area contributed by atoms with Gasteiger partial charge in [-0.05, 0) is 167 Å². The van der Waals surface area contributed by atoms with Crippen LogP contribution >= 0.6 is 0 Å². The van der Waals surface area contributed by atoms with E-state index in [1.165, 1.54) is 32.3 Å². The van der Waals surface area contributed by atoms with Crippen LogP contribution in [0.2, 0.25) is 0 Å². The molecule has 15 aromatic carbocycles. The van der Waals surface area contributed by atoms with Crippen LogP contribution < -0.4 is 0 Å². The predicted octanol–water partition coefficient (Wildman–Crippen LogP) is 26.9. The zero-order valence-electron chi connectivity index (χ0n) is 60.4. The zero-order chi connectivity index (χ0) is 73.7. The molecule has 8 heteroatoms. The minimum absolute atomic E-state index is 0.915. The molecule has 0 spiro atoms. The van der Waals surface area contributed by atoms with Gasteiger partial charge in [-0.2, -0.15) is 0 Å². The van der Waals surface area contributed by atoms with Crippen molar-refractivity contribution in [3.05, 3.63) is 376 Å².